The number of carbonyl (C=O) groups excluding carboxylic acids is 1. The van der Waals surface area contributed by atoms with Gasteiger partial charge in [0.2, 0.25) is 0 Å². The van der Waals surface area contributed by atoms with E-state index in [1.807, 2.05) is 0 Å². The maximum atomic E-state index is 13.0. The van der Waals surface area contributed by atoms with Gasteiger partial charge in [-0.1, -0.05) is 10.3 Å². The van der Waals surface area contributed by atoms with Crippen LogP contribution in [0.3, 0.4) is 0 Å². The summed E-state index contributed by atoms with van der Waals surface area (Å²) in [6.45, 7) is 3.50. The third kappa shape index (κ3) is 4.11. The molecular weight excluding hydrogens is 327 g/mol. The van der Waals surface area contributed by atoms with Crippen LogP contribution in [0.25, 0.3) is 5.57 Å². The number of halogens is 1. The standard InChI is InChI=1S/C17H15FN4O3/c1-10-7-15(25-21-10)14(9-19-16-8-11(2)24-22-16)17(23)20-13-5-3-12(18)4-6-13/h3-9H,1-2H3,(H,19,22)(H,20,23). The Morgan fingerprint density at radius 2 is 1.88 bits per heavy atom. The molecular formula is C17H15FN4O3. The molecule has 0 aliphatic heterocycles. The Morgan fingerprint density at radius 1 is 1.12 bits per heavy atom. The predicted molar refractivity (Wildman–Crippen MR) is 89.1 cm³/mol. The van der Waals surface area contributed by atoms with Crippen molar-refractivity contribution < 1.29 is 18.2 Å². The first-order valence-electron chi connectivity index (χ1n) is 7.42. The predicted octanol–water partition coefficient (Wildman–Crippen LogP) is 3.51. The van der Waals surface area contributed by atoms with Gasteiger partial charge in [-0.05, 0) is 38.1 Å². The van der Waals surface area contributed by atoms with Crippen LogP contribution >= 0.6 is 0 Å². The monoisotopic (exact) mass is 342 g/mol. The number of hydrogen-bond donors (Lipinski definition) is 2. The van der Waals surface area contributed by atoms with E-state index in [1.54, 1.807) is 26.0 Å². The number of anilines is 2. The van der Waals surface area contributed by atoms with Crippen LogP contribution in [-0.4, -0.2) is 16.2 Å². The maximum absolute atomic E-state index is 13.0. The van der Waals surface area contributed by atoms with Gasteiger partial charge in [0.25, 0.3) is 5.91 Å². The number of aromatic nitrogens is 2. The summed E-state index contributed by atoms with van der Waals surface area (Å²) in [6.07, 6.45) is 1.44. The van der Waals surface area contributed by atoms with Gasteiger partial charge in [0.15, 0.2) is 11.6 Å². The van der Waals surface area contributed by atoms with Crippen molar-refractivity contribution in [3.05, 3.63) is 65.6 Å². The normalized spacial score (nSPS) is 11.4. The van der Waals surface area contributed by atoms with Crippen LogP contribution in [-0.2, 0) is 4.79 Å². The lowest BCUT2D eigenvalue weighted by atomic mass is 10.2. The third-order valence-electron chi connectivity index (χ3n) is 3.23. The Labute approximate surface area is 142 Å². The van der Waals surface area contributed by atoms with E-state index in [2.05, 4.69) is 20.9 Å². The highest BCUT2D eigenvalue weighted by Crippen LogP contribution is 2.19. The van der Waals surface area contributed by atoms with Crippen molar-refractivity contribution in [1.29, 1.82) is 0 Å². The van der Waals surface area contributed by atoms with E-state index in [0.717, 1.165) is 0 Å². The zero-order valence-corrected chi connectivity index (χ0v) is 13.5. The minimum absolute atomic E-state index is 0.200. The number of benzene rings is 1. The molecule has 1 amide bonds. The molecule has 2 aromatic heterocycles. The molecule has 0 atom stereocenters. The second-order valence-corrected chi connectivity index (χ2v) is 5.32. The van der Waals surface area contributed by atoms with E-state index in [1.165, 1.54) is 30.5 Å². The smallest absolute Gasteiger partial charge is 0.261 e. The van der Waals surface area contributed by atoms with Gasteiger partial charge in [0, 0.05) is 24.0 Å². The van der Waals surface area contributed by atoms with Crippen molar-refractivity contribution >= 4 is 23.0 Å². The molecule has 0 unspecified atom stereocenters. The van der Waals surface area contributed by atoms with Crippen LogP contribution < -0.4 is 10.6 Å². The zero-order chi connectivity index (χ0) is 17.8. The number of aryl methyl sites for hydroxylation is 2. The number of hydrogen-bond acceptors (Lipinski definition) is 6. The number of nitrogens with zero attached hydrogens (tertiary/aromatic N) is 2. The third-order valence-corrected chi connectivity index (χ3v) is 3.23. The van der Waals surface area contributed by atoms with Gasteiger partial charge < -0.3 is 19.7 Å². The average Bonchev–Trinajstić information content (AvgIpc) is 3.18. The first kappa shape index (κ1) is 16.4. The lowest BCUT2D eigenvalue weighted by Gasteiger charge is -2.07. The molecule has 0 aliphatic rings. The van der Waals surface area contributed by atoms with Crippen LogP contribution in [0.5, 0.6) is 0 Å². The van der Waals surface area contributed by atoms with E-state index >= 15 is 0 Å². The van der Waals surface area contributed by atoms with Gasteiger partial charge in [-0.15, -0.1) is 0 Å². The lowest BCUT2D eigenvalue weighted by molar-refractivity contribution is -0.111. The second kappa shape index (κ2) is 7.00. The zero-order valence-electron chi connectivity index (χ0n) is 13.5. The molecule has 0 spiro atoms. The largest absolute Gasteiger partial charge is 0.360 e. The van der Waals surface area contributed by atoms with Crippen LogP contribution in [0.1, 0.15) is 17.2 Å². The first-order valence-corrected chi connectivity index (χ1v) is 7.42. The fraction of sp³-hybridized carbons (Fsp3) is 0.118. The van der Waals surface area contributed by atoms with Crippen LogP contribution in [0.2, 0.25) is 0 Å². The summed E-state index contributed by atoms with van der Waals surface area (Å²) < 4.78 is 23.1. The van der Waals surface area contributed by atoms with E-state index in [-0.39, 0.29) is 17.2 Å². The second-order valence-electron chi connectivity index (χ2n) is 5.32. The van der Waals surface area contributed by atoms with Crippen molar-refractivity contribution in [2.24, 2.45) is 0 Å². The Morgan fingerprint density at radius 3 is 2.48 bits per heavy atom. The summed E-state index contributed by atoms with van der Waals surface area (Å²) in [6, 6.07) is 8.75. The van der Waals surface area contributed by atoms with Gasteiger partial charge in [-0.2, -0.15) is 0 Å². The topological polar surface area (TPSA) is 93.2 Å². The molecule has 0 saturated carbocycles. The summed E-state index contributed by atoms with van der Waals surface area (Å²) in [4.78, 5) is 12.6. The number of carbonyl (C=O) groups is 1. The average molecular weight is 342 g/mol. The van der Waals surface area contributed by atoms with E-state index in [4.69, 9.17) is 9.05 Å². The number of amides is 1. The molecule has 0 saturated heterocycles. The molecule has 1 aromatic carbocycles. The van der Waals surface area contributed by atoms with Gasteiger partial charge >= 0.3 is 0 Å². The summed E-state index contributed by atoms with van der Waals surface area (Å²) >= 11 is 0. The molecule has 2 heterocycles. The van der Waals surface area contributed by atoms with Crippen LogP contribution in [0.15, 0.2) is 51.6 Å². The van der Waals surface area contributed by atoms with Crippen molar-refractivity contribution in [2.45, 2.75) is 13.8 Å². The quantitative estimate of drug-likeness (QED) is 0.689. The molecule has 128 valence electrons. The minimum Gasteiger partial charge on any atom is -0.360 e. The first-order chi connectivity index (χ1) is 12.0. The Balaban J connectivity index is 1.84. The fourth-order valence-electron chi connectivity index (χ4n) is 2.05. The molecule has 0 aliphatic carbocycles. The van der Waals surface area contributed by atoms with E-state index in [0.29, 0.717) is 23.0 Å². The molecule has 3 rings (SSSR count). The van der Waals surface area contributed by atoms with Gasteiger partial charge in [-0.25, -0.2) is 4.39 Å². The summed E-state index contributed by atoms with van der Waals surface area (Å²) in [5.74, 6) is 0.521. The van der Waals surface area contributed by atoms with Gasteiger partial charge in [-0.3, -0.25) is 4.79 Å². The van der Waals surface area contributed by atoms with Gasteiger partial charge in [0.05, 0.1) is 5.69 Å². The van der Waals surface area contributed by atoms with Crippen molar-refractivity contribution in [3.8, 4) is 0 Å². The number of rotatable bonds is 5. The highest BCUT2D eigenvalue weighted by Gasteiger charge is 2.17. The molecule has 25 heavy (non-hydrogen) atoms. The fourth-order valence-corrected chi connectivity index (χ4v) is 2.05. The summed E-state index contributed by atoms with van der Waals surface area (Å²) in [7, 11) is 0. The Bertz CT molecular complexity index is 912. The highest BCUT2D eigenvalue weighted by atomic mass is 19.1. The van der Waals surface area contributed by atoms with Gasteiger partial charge in [0.1, 0.15) is 17.2 Å². The van der Waals surface area contributed by atoms with Crippen LogP contribution in [0, 0.1) is 19.7 Å². The molecule has 0 radical (unpaired) electrons. The Kier molecular flexibility index (Phi) is 4.60. The molecule has 7 nitrogen and oxygen atoms in total. The minimum atomic E-state index is -0.449. The Hall–Kier alpha value is -3.42. The molecule has 0 bridgehead atoms. The molecule has 3 aromatic rings. The lowest BCUT2D eigenvalue weighted by Crippen LogP contribution is -2.14. The highest BCUT2D eigenvalue weighted by molar-refractivity contribution is 6.24. The molecule has 0 fully saturated rings. The number of nitrogens with one attached hydrogen (secondary N) is 2. The van der Waals surface area contributed by atoms with Crippen molar-refractivity contribution in [2.75, 3.05) is 10.6 Å². The maximum Gasteiger partial charge on any atom is 0.261 e. The summed E-state index contributed by atoms with van der Waals surface area (Å²) in [5, 5.41) is 13.1. The van der Waals surface area contributed by atoms with Crippen molar-refractivity contribution in [1.82, 2.24) is 10.3 Å². The van der Waals surface area contributed by atoms with Crippen molar-refractivity contribution in [3.63, 3.8) is 0 Å². The summed E-state index contributed by atoms with van der Waals surface area (Å²) in [5.41, 5.74) is 1.28. The molecule has 8 heteroatoms. The van der Waals surface area contributed by atoms with E-state index in [9.17, 15) is 9.18 Å². The SMILES string of the molecule is Cc1cc(C(=CNc2cc(C)on2)C(=O)Nc2ccc(F)cc2)on1. The van der Waals surface area contributed by atoms with Crippen LogP contribution in [0.4, 0.5) is 15.9 Å². The molecule has 2 N–H and O–H groups in total. The van der Waals surface area contributed by atoms with E-state index < -0.39 is 5.91 Å².